The van der Waals surface area contributed by atoms with Crippen LogP contribution in [0.5, 0.6) is 0 Å². The van der Waals surface area contributed by atoms with Gasteiger partial charge < -0.3 is 9.64 Å². The maximum absolute atomic E-state index is 11.7. The fourth-order valence-corrected chi connectivity index (χ4v) is 3.63. The molecular weight excluding hydrogens is 334 g/mol. The molecule has 25 heavy (non-hydrogen) atoms. The smallest absolute Gasteiger partial charge is 0.337 e. The Morgan fingerprint density at radius 3 is 2.12 bits per heavy atom. The lowest BCUT2D eigenvalue weighted by Crippen LogP contribution is -2.11. The van der Waals surface area contributed by atoms with Gasteiger partial charge in [0.1, 0.15) is 0 Å². The molecule has 2 aromatic rings. The van der Waals surface area contributed by atoms with Crippen molar-refractivity contribution in [3.05, 3.63) is 58.1 Å². The van der Waals surface area contributed by atoms with Crippen LogP contribution in [0.15, 0.2) is 36.4 Å². The van der Waals surface area contributed by atoms with Gasteiger partial charge in [-0.05, 0) is 79.0 Å². The highest BCUT2D eigenvalue weighted by Crippen LogP contribution is 2.47. The molecule has 0 unspecified atom stereocenters. The summed E-state index contributed by atoms with van der Waals surface area (Å²) >= 11 is 6.46. The summed E-state index contributed by atoms with van der Waals surface area (Å²) in [5.74, 6) is 1.08. The number of ether oxygens (including phenoxy) is 1. The number of hydrogen-bond donors (Lipinski definition) is 0. The van der Waals surface area contributed by atoms with E-state index in [9.17, 15) is 4.79 Å². The van der Waals surface area contributed by atoms with Crippen LogP contribution in [0, 0.1) is 0 Å². The second kappa shape index (κ2) is 6.38. The van der Waals surface area contributed by atoms with Crippen molar-refractivity contribution in [1.29, 1.82) is 0 Å². The van der Waals surface area contributed by atoms with E-state index in [1.165, 1.54) is 49.6 Å². The Bertz CT molecular complexity index is 794. The minimum Gasteiger partial charge on any atom is -0.465 e. The van der Waals surface area contributed by atoms with Crippen molar-refractivity contribution in [2.24, 2.45) is 0 Å². The standard InChI is InChI=1S/C21H22ClNO2/c1-23(20-8-7-15(12-19(20)22)21(24)25-2)18-10-16(13-3-4-13)9-17(11-18)14-5-6-14/h7-14H,3-6H2,1-2H3. The quantitative estimate of drug-likeness (QED) is 0.649. The van der Waals surface area contributed by atoms with Crippen molar-refractivity contribution < 1.29 is 9.53 Å². The minimum absolute atomic E-state index is 0.372. The van der Waals surface area contributed by atoms with Crippen molar-refractivity contribution in [3.8, 4) is 0 Å². The molecule has 0 aromatic heterocycles. The monoisotopic (exact) mass is 355 g/mol. The van der Waals surface area contributed by atoms with E-state index in [1.807, 2.05) is 13.1 Å². The van der Waals surface area contributed by atoms with Crippen LogP contribution in [-0.4, -0.2) is 20.1 Å². The van der Waals surface area contributed by atoms with Crippen LogP contribution in [0.25, 0.3) is 0 Å². The summed E-state index contributed by atoms with van der Waals surface area (Å²) in [5.41, 5.74) is 5.43. The molecule has 0 amide bonds. The predicted molar refractivity (Wildman–Crippen MR) is 101 cm³/mol. The Morgan fingerprint density at radius 1 is 1.04 bits per heavy atom. The first-order valence-electron chi connectivity index (χ1n) is 8.83. The lowest BCUT2D eigenvalue weighted by atomic mass is 10.0. The third-order valence-corrected chi connectivity index (χ3v) is 5.48. The Hall–Kier alpha value is -2.00. The second-order valence-electron chi connectivity index (χ2n) is 7.12. The molecule has 0 aliphatic heterocycles. The van der Waals surface area contributed by atoms with Gasteiger partial charge >= 0.3 is 5.97 Å². The topological polar surface area (TPSA) is 29.5 Å². The molecule has 2 fully saturated rings. The van der Waals surface area contributed by atoms with Crippen LogP contribution in [-0.2, 0) is 4.74 Å². The molecule has 0 radical (unpaired) electrons. The van der Waals surface area contributed by atoms with Crippen LogP contribution >= 0.6 is 11.6 Å². The molecule has 130 valence electrons. The van der Waals surface area contributed by atoms with Gasteiger partial charge in [-0.3, -0.25) is 0 Å². The van der Waals surface area contributed by atoms with E-state index in [1.54, 1.807) is 12.1 Å². The van der Waals surface area contributed by atoms with E-state index in [0.29, 0.717) is 10.6 Å². The van der Waals surface area contributed by atoms with Crippen molar-refractivity contribution in [3.63, 3.8) is 0 Å². The van der Waals surface area contributed by atoms with Crippen molar-refractivity contribution in [2.45, 2.75) is 37.5 Å². The van der Waals surface area contributed by atoms with E-state index in [2.05, 4.69) is 23.1 Å². The zero-order valence-corrected chi connectivity index (χ0v) is 15.3. The third kappa shape index (κ3) is 3.38. The van der Waals surface area contributed by atoms with E-state index in [4.69, 9.17) is 16.3 Å². The van der Waals surface area contributed by atoms with E-state index < -0.39 is 0 Å². The van der Waals surface area contributed by atoms with Gasteiger partial charge in [-0.2, -0.15) is 0 Å². The molecule has 4 rings (SSSR count). The molecule has 4 heteroatoms. The van der Waals surface area contributed by atoms with E-state index >= 15 is 0 Å². The predicted octanol–water partition coefficient (Wildman–Crippen LogP) is 5.65. The largest absolute Gasteiger partial charge is 0.465 e. The maximum Gasteiger partial charge on any atom is 0.337 e. The normalized spacial score (nSPS) is 16.6. The first-order valence-corrected chi connectivity index (χ1v) is 9.21. The first kappa shape index (κ1) is 16.5. The number of anilines is 2. The zero-order valence-electron chi connectivity index (χ0n) is 14.6. The fourth-order valence-electron chi connectivity index (χ4n) is 3.32. The Labute approximate surface area is 153 Å². The summed E-state index contributed by atoms with van der Waals surface area (Å²) in [7, 11) is 3.40. The molecule has 2 aliphatic rings. The first-order chi connectivity index (χ1) is 12.1. The number of esters is 1. The average molecular weight is 356 g/mol. The van der Waals surface area contributed by atoms with Gasteiger partial charge in [0.25, 0.3) is 0 Å². The summed E-state index contributed by atoms with van der Waals surface area (Å²) in [6.45, 7) is 0. The molecular formula is C21H22ClNO2. The van der Waals surface area contributed by atoms with Crippen LogP contribution in [0.1, 0.15) is 59.0 Å². The number of carbonyl (C=O) groups excluding carboxylic acids is 1. The van der Waals surface area contributed by atoms with Gasteiger partial charge in [0.05, 0.1) is 23.4 Å². The molecule has 0 spiro atoms. The minimum atomic E-state index is -0.372. The van der Waals surface area contributed by atoms with Crippen LogP contribution in [0.2, 0.25) is 5.02 Å². The molecule has 0 N–H and O–H groups in total. The summed E-state index contributed by atoms with van der Waals surface area (Å²) < 4.78 is 4.76. The molecule has 0 atom stereocenters. The molecule has 2 aliphatic carbocycles. The number of nitrogens with zero attached hydrogens (tertiary/aromatic N) is 1. The number of methoxy groups -OCH3 is 1. The summed E-state index contributed by atoms with van der Waals surface area (Å²) in [6.07, 6.45) is 5.19. The Kier molecular flexibility index (Phi) is 4.20. The SMILES string of the molecule is COC(=O)c1ccc(N(C)c2cc(C3CC3)cc(C3CC3)c2)c(Cl)c1. The molecule has 2 aromatic carbocycles. The Morgan fingerprint density at radius 2 is 1.64 bits per heavy atom. The van der Waals surface area contributed by atoms with Gasteiger partial charge in [0, 0.05) is 12.7 Å². The van der Waals surface area contributed by atoms with E-state index in [0.717, 1.165) is 17.5 Å². The number of halogens is 1. The molecule has 0 saturated heterocycles. The molecule has 0 heterocycles. The van der Waals surface area contributed by atoms with Gasteiger partial charge in [-0.25, -0.2) is 4.79 Å². The number of rotatable bonds is 5. The average Bonchev–Trinajstić information content (AvgIpc) is 3.51. The van der Waals surface area contributed by atoms with Crippen molar-refractivity contribution in [1.82, 2.24) is 0 Å². The molecule has 0 bridgehead atoms. The lowest BCUT2D eigenvalue weighted by molar-refractivity contribution is 0.0601. The van der Waals surface area contributed by atoms with E-state index in [-0.39, 0.29) is 5.97 Å². The highest BCUT2D eigenvalue weighted by atomic mass is 35.5. The van der Waals surface area contributed by atoms with Gasteiger partial charge in [-0.1, -0.05) is 17.7 Å². The molecule has 3 nitrogen and oxygen atoms in total. The zero-order chi connectivity index (χ0) is 17.6. The Balaban J connectivity index is 1.68. The van der Waals surface area contributed by atoms with Crippen LogP contribution < -0.4 is 4.90 Å². The summed E-state index contributed by atoms with van der Waals surface area (Å²) in [5, 5.41) is 0.551. The summed E-state index contributed by atoms with van der Waals surface area (Å²) in [6, 6.07) is 12.3. The van der Waals surface area contributed by atoms with Crippen molar-refractivity contribution in [2.75, 3.05) is 19.1 Å². The molecule has 2 saturated carbocycles. The van der Waals surface area contributed by atoms with Crippen LogP contribution in [0.3, 0.4) is 0 Å². The number of carbonyl (C=O) groups is 1. The lowest BCUT2D eigenvalue weighted by Gasteiger charge is -2.23. The van der Waals surface area contributed by atoms with Gasteiger partial charge in [-0.15, -0.1) is 0 Å². The summed E-state index contributed by atoms with van der Waals surface area (Å²) in [4.78, 5) is 13.8. The highest BCUT2D eigenvalue weighted by Gasteiger charge is 2.29. The second-order valence-corrected chi connectivity index (χ2v) is 7.53. The fraction of sp³-hybridized carbons (Fsp3) is 0.381. The third-order valence-electron chi connectivity index (χ3n) is 5.18. The highest BCUT2D eigenvalue weighted by molar-refractivity contribution is 6.33. The number of hydrogen-bond acceptors (Lipinski definition) is 3. The van der Waals surface area contributed by atoms with Crippen LogP contribution in [0.4, 0.5) is 11.4 Å². The van der Waals surface area contributed by atoms with Crippen molar-refractivity contribution >= 4 is 28.9 Å². The van der Waals surface area contributed by atoms with Gasteiger partial charge in [0.15, 0.2) is 0 Å². The van der Waals surface area contributed by atoms with Gasteiger partial charge in [0.2, 0.25) is 0 Å². The maximum atomic E-state index is 11.7. The number of benzene rings is 2.